The van der Waals surface area contributed by atoms with E-state index in [2.05, 4.69) is 20.5 Å². The van der Waals surface area contributed by atoms with Crippen LogP contribution < -0.4 is 10.3 Å². The van der Waals surface area contributed by atoms with Gasteiger partial charge in [0, 0.05) is 30.4 Å². The molecule has 2 rings (SSSR count). The average molecular weight is 398 g/mol. The number of nitrogens with zero attached hydrogens (tertiary/aromatic N) is 4. The topological polar surface area (TPSA) is 70.5 Å². The summed E-state index contributed by atoms with van der Waals surface area (Å²) in [6.07, 6.45) is 1.47. The van der Waals surface area contributed by atoms with E-state index in [9.17, 15) is 4.79 Å². The number of aromatic nitrogens is 2. The van der Waals surface area contributed by atoms with Crippen LogP contribution in [0.25, 0.3) is 0 Å². The molecule has 9 heteroatoms. The molecule has 0 unspecified atom stereocenters. The van der Waals surface area contributed by atoms with Crippen LogP contribution in [0.1, 0.15) is 11.3 Å². The van der Waals surface area contributed by atoms with Gasteiger partial charge in [-0.05, 0) is 25.1 Å². The largest absolute Gasteiger partial charge is 0.347 e. The Bertz CT molecular complexity index is 798. The van der Waals surface area contributed by atoms with Crippen molar-refractivity contribution in [1.29, 1.82) is 0 Å². The molecule has 0 spiro atoms. The van der Waals surface area contributed by atoms with E-state index >= 15 is 0 Å². The van der Waals surface area contributed by atoms with E-state index in [0.29, 0.717) is 21.6 Å². The Labute approximate surface area is 160 Å². The van der Waals surface area contributed by atoms with Crippen LogP contribution in [-0.2, 0) is 4.79 Å². The van der Waals surface area contributed by atoms with Gasteiger partial charge >= 0.3 is 0 Å². The van der Waals surface area contributed by atoms with Crippen molar-refractivity contribution in [3.8, 4) is 0 Å². The molecule has 0 aliphatic carbocycles. The van der Waals surface area contributed by atoms with E-state index in [1.165, 1.54) is 18.0 Å². The normalized spacial score (nSPS) is 10.9. The van der Waals surface area contributed by atoms with Crippen molar-refractivity contribution in [2.24, 2.45) is 5.10 Å². The number of nitrogens with one attached hydrogen (secondary N) is 1. The molecular weight excluding hydrogens is 381 g/mol. The fraction of sp³-hybridized carbons (Fsp3) is 0.250. The van der Waals surface area contributed by atoms with Crippen LogP contribution in [0.15, 0.2) is 34.4 Å². The maximum Gasteiger partial charge on any atom is 0.250 e. The molecule has 2 aromatic rings. The molecule has 132 valence electrons. The van der Waals surface area contributed by atoms with E-state index in [4.69, 9.17) is 23.2 Å². The lowest BCUT2D eigenvalue weighted by Gasteiger charge is -2.11. The van der Waals surface area contributed by atoms with E-state index in [1.54, 1.807) is 18.2 Å². The van der Waals surface area contributed by atoms with Gasteiger partial charge < -0.3 is 4.90 Å². The first-order chi connectivity index (χ1) is 11.8. The molecule has 0 radical (unpaired) electrons. The summed E-state index contributed by atoms with van der Waals surface area (Å²) in [5, 5.41) is 5.64. The Morgan fingerprint density at radius 3 is 2.76 bits per heavy atom. The molecule has 1 aromatic heterocycles. The predicted molar refractivity (Wildman–Crippen MR) is 104 cm³/mol. The molecule has 1 N–H and O–H groups in total. The monoisotopic (exact) mass is 397 g/mol. The predicted octanol–water partition coefficient (Wildman–Crippen LogP) is 3.40. The van der Waals surface area contributed by atoms with E-state index < -0.39 is 0 Å². The average Bonchev–Trinajstić information content (AvgIpc) is 2.54. The van der Waals surface area contributed by atoms with Gasteiger partial charge in [-0.2, -0.15) is 5.10 Å². The van der Waals surface area contributed by atoms with Gasteiger partial charge in [0.05, 0.1) is 17.0 Å². The number of hydrazone groups is 1. The van der Waals surface area contributed by atoms with E-state index in [1.807, 2.05) is 32.0 Å². The number of amides is 1. The highest BCUT2D eigenvalue weighted by atomic mass is 35.5. The van der Waals surface area contributed by atoms with Crippen molar-refractivity contribution in [1.82, 2.24) is 15.4 Å². The zero-order chi connectivity index (χ0) is 18.4. The number of carbonyl (C=O) groups is 1. The molecule has 0 atom stereocenters. The lowest BCUT2D eigenvalue weighted by atomic mass is 10.2. The molecule has 0 fully saturated rings. The Morgan fingerprint density at radius 1 is 1.32 bits per heavy atom. The van der Waals surface area contributed by atoms with E-state index in [-0.39, 0.29) is 11.7 Å². The van der Waals surface area contributed by atoms with Gasteiger partial charge in [-0.25, -0.2) is 15.4 Å². The number of thioether (sulfide) groups is 1. The number of carbonyl (C=O) groups excluding carboxylic acids is 1. The first-order valence-electron chi connectivity index (χ1n) is 7.28. The fourth-order valence-corrected chi connectivity index (χ4v) is 2.95. The third-order valence-electron chi connectivity index (χ3n) is 2.93. The summed E-state index contributed by atoms with van der Waals surface area (Å²) in [5.74, 6) is 0.557. The van der Waals surface area contributed by atoms with Crippen molar-refractivity contribution in [3.63, 3.8) is 0 Å². The Hall–Kier alpha value is -1.83. The van der Waals surface area contributed by atoms with Crippen LogP contribution in [-0.4, -0.2) is 41.9 Å². The lowest BCUT2D eigenvalue weighted by molar-refractivity contribution is -0.118. The molecule has 1 heterocycles. The molecule has 1 amide bonds. The van der Waals surface area contributed by atoms with Crippen LogP contribution >= 0.6 is 35.0 Å². The third-order valence-corrected chi connectivity index (χ3v) is 4.40. The number of aryl methyl sites for hydroxylation is 1. The second kappa shape index (κ2) is 9.03. The van der Waals surface area contributed by atoms with Crippen LogP contribution in [0.3, 0.4) is 0 Å². The van der Waals surface area contributed by atoms with Crippen molar-refractivity contribution < 1.29 is 4.79 Å². The number of anilines is 1. The molecule has 25 heavy (non-hydrogen) atoms. The Kier molecular flexibility index (Phi) is 7.04. The molecule has 1 aromatic carbocycles. The maximum atomic E-state index is 11.9. The quantitative estimate of drug-likeness (QED) is 0.350. The first kappa shape index (κ1) is 19.5. The van der Waals surface area contributed by atoms with Crippen LogP contribution in [0, 0.1) is 6.92 Å². The summed E-state index contributed by atoms with van der Waals surface area (Å²) < 4.78 is 0. The van der Waals surface area contributed by atoms with Gasteiger partial charge in [0.1, 0.15) is 5.03 Å². The minimum atomic E-state index is -0.242. The van der Waals surface area contributed by atoms with Gasteiger partial charge in [0.25, 0.3) is 0 Å². The van der Waals surface area contributed by atoms with Crippen molar-refractivity contribution in [2.75, 3.05) is 24.7 Å². The van der Waals surface area contributed by atoms with Gasteiger partial charge in [-0.1, -0.05) is 41.0 Å². The highest BCUT2D eigenvalue weighted by Gasteiger charge is 2.07. The van der Waals surface area contributed by atoms with Crippen LogP contribution in [0.4, 0.5) is 5.95 Å². The molecule has 0 saturated heterocycles. The van der Waals surface area contributed by atoms with E-state index in [0.717, 1.165) is 10.7 Å². The molecule has 0 bridgehead atoms. The summed E-state index contributed by atoms with van der Waals surface area (Å²) in [4.78, 5) is 22.4. The molecule has 0 saturated carbocycles. The van der Waals surface area contributed by atoms with Crippen LogP contribution in [0.5, 0.6) is 0 Å². The third kappa shape index (κ3) is 6.19. The van der Waals surface area contributed by atoms with Gasteiger partial charge in [-0.15, -0.1) is 0 Å². The number of benzene rings is 1. The molecular formula is C16H17Cl2N5OS. The molecule has 0 aliphatic heterocycles. The SMILES string of the molecule is Cc1cc(SCC(=O)NN=Cc2ccc(Cl)cc2Cl)nc(N(C)C)n1. The Balaban J connectivity index is 1.89. The summed E-state index contributed by atoms with van der Waals surface area (Å²) in [6, 6.07) is 6.87. The second-order valence-electron chi connectivity index (χ2n) is 5.29. The highest BCUT2D eigenvalue weighted by molar-refractivity contribution is 7.99. The fourth-order valence-electron chi connectivity index (χ4n) is 1.75. The van der Waals surface area contributed by atoms with Gasteiger partial charge in [-0.3, -0.25) is 4.79 Å². The van der Waals surface area contributed by atoms with Crippen LogP contribution in [0.2, 0.25) is 10.0 Å². The minimum Gasteiger partial charge on any atom is -0.347 e. The molecule has 0 aliphatic rings. The highest BCUT2D eigenvalue weighted by Crippen LogP contribution is 2.20. The zero-order valence-electron chi connectivity index (χ0n) is 14.0. The second-order valence-corrected chi connectivity index (χ2v) is 7.13. The number of hydrogen-bond acceptors (Lipinski definition) is 6. The number of hydrogen-bond donors (Lipinski definition) is 1. The number of rotatable bonds is 6. The summed E-state index contributed by atoms with van der Waals surface area (Å²) in [7, 11) is 3.74. The first-order valence-corrected chi connectivity index (χ1v) is 9.02. The summed E-state index contributed by atoms with van der Waals surface area (Å²) in [6.45, 7) is 1.89. The van der Waals surface area contributed by atoms with Gasteiger partial charge in [0.2, 0.25) is 11.9 Å². The standard InChI is InChI=1S/C16H17Cl2N5OS/c1-10-6-15(21-16(20-10)23(2)3)25-9-14(24)22-19-8-11-4-5-12(17)7-13(11)18/h4-8H,9H2,1-3H3,(H,22,24). The minimum absolute atomic E-state index is 0.189. The number of halogens is 2. The lowest BCUT2D eigenvalue weighted by Crippen LogP contribution is -2.20. The van der Waals surface area contributed by atoms with Crippen molar-refractivity contribution >= 4 is 53.0 Å². The summed E-state index contributed by atoms with van der Waals surface area (Å²) >= 11 is 13.2. The van der Waals surface area contributed by atoms with Crippen molar-refractivity contribution in [2.45, 2.75) is 11.9 Å². The van der Waals surface area contributed by atoms with Gasteiger partial charge in [0.15, 0.2) is 0 Å². The summed E-state index contributed by atoms with van der Waals surface area (Å²) in [5.41, 5.74) is 3.97. The zero-order valence-corrected chi connectivity index (χ0v) is 16.3. The molecule has 6 nitrogen and oxygen atoms in total. The Morgan fingerprint density at radius 2 is 2.08 bits per heavy atom. The smallest absolute Gasteiger partial charge is 0.250 e. The maximum absolute atomic E-state index is 11.9. The van der Waals surface area contributed by atoms with Crippen molar-refractivity contribution in [3.05, 3.63) is 45.6 Å².